The van der Waals surface area contributed by atoms with E-state index < -0.39 is 0 Å². The van der Waals surface area contributed by atoms with Crippen LogP contribution in [0.25, 0.3) is 0 Å². The van der Waals surface area contributed by atoms with Crippen molar-refractivity contribution in [3.05, 3.63) is 0 Å². The van der Waals surface area contributed by atoms with E-state index in [1.54, 1.807) is 0 Å². The van der Waals surface area contributed by atoms with Crippen molar-refractivity contribution < 1.29 is 0 Å². The van der Waals surface area contributed by atoms with Crippen LogP contribution in [0.5, 0.6) is 0 Å². The number of hydrogen-bond donors (Lipinski definition) is 1. The molecule has 1 N–H and O–H groups in total. The van der Waals surface area contributed by atoms with Crippen molar-refractivity contribution in [3.63, 3.8) is 0 Å². The van der Waals surface area contributed by atoms with Crippen molar-refractivity contribution in [2.24, 2.45) is 5.92 Å². The molecule has 1 saturated heterocycles. The fraction of sp³-hybridized carbons (Fsp3) is 1.00. The maximum absolute atomic E-state index is 3.72. The highest BCUT2D eigenvalue weighted by molar-refractivity contribution is 4.86. The van der Waals surface area contributed by atoms with Crippen LogP contribution in [0.3, 0.4) is 0 Å². The van der Waals surface area contributed by atoms with Gasteiger partial charge in [-0.3, -0.25) is 4.90 Å². The molecule has 2 unspecified atom stereocenters. The van der Waals surface area contributed by atoms with Crippen LogP contribution in [0, 0.1) is 5.92 Å². The quantitative estimate of drug-likeness (QED) is 0.810. The highest BCUT2D eigenvalue weighted by Gasteiger charge is 2.29. The van der Waals surface area contributed by atoms with Gasteiger partial charge in [-0.05, 0) is 45.1 Å². The van der Waals surface area contributed by atoms with Gasteiger partial charge in [0.05, 0.1) is 0 Å². The van der Waals surface area contributed by atoms with Crippen LogP contribution in [0.2, 0.25) is 0 Å². The molecule has 2 atom stereocenters. The number of likely N-dealkylation sites (tertiary alicyclic amines) is 1. The number of hydrogen-bond acceptors (Lipinski definition) is 2. The van der Waals surface area contributed by atoms with E-state index in [4.69, 9.17) is 0 Å². The Morgan fingerprint density at radius 3 is 2.35 bits per heavy atom. The molecule has 0 radical (unpaired) electrons. The molecule has 0 spiro atoms. The first kappa shape index (κ1) is 13.4. The minimum absolute atomic E-state index is 0.627. The van der Waals surface area contributed by atoms with Gasteiger partial charge in [-0.1, -0.05) is 26.7 Å². The number of nitrogens with one attached hydrogen (secondary N) is 1. The molecule has 100 valence electrons. The maximum atomic E-state index is 3.72. The summed E-state index contributed by atoms with van der Waals surface area (Å²) in [6.07, 6.45) is 8.63. The van der Waals surface area contributed by atoms with Gasteiger partial charge in [0.15, 0.2) is 0 Å². The standard InChI is InChI=1S/C15H30N2/c1-12(2)16-15-9-6-10-17(11-15)13(3)14-7-4-5-8-14/h12-16H,4-11H2,1-3H3. The van der Waals surface area contributed by atoms with Gasteiger partial charge in [0.2, 0.25) is 0 Å². The molecule has 2 fully saturated rings. The molecule has 1 heterocycles. The zero-order valence-corrected chi connectivity index (χ0v) is 11.9. The summed E-state index contributed by atoms with van der Waals surface area (Å²) in [7, 11) is 0. The van der Waals surface area contributed by atoms with E-state index in [-0.39, 0.29) is 0 Å². The third-order valence-corrected chi connectivity index (χ3v) is 4.68. The monoisotopic (exact) mass is 238 g/mol. The summed E-state index contributed by atoms with van der Waals surface area (Å²) in [6, 6.07) is 2.17. The molecule has 1 aliphatic heterocycles. The van der Waals surface area contributed by atoms with E-state index in [1.165, 1.54) is 51.6 Å². The van der Waals surface area contributed by atoms with Crippen molar-refractivity contribution in [1.82, 2.24) is 10.2 Å². The van der Waals surface area contributed by atoms with Crippen LogP contribution in [0.4, 0.5) is 0 Å². The highest BCUT2D eigenvalue weighted by Crippen LogP contribution is 2.31. The lowest BCUT2D eigenvalue weighted by Gasteiger charge is -2.40. The van der Waals surface area contributed by atoms with Crippen LogP contribution in [-0.2, 0) is 0 Å². The second-order valence-corrected chi connectivity index (χ2v) is 6.44. The van der Waals surface area contributed by atoms with Crippen LogP contribution in [0.15, 0.2) is 0 Å². The normalized spacial score (nSPS) is 30.0. The predicted molar refractivity (Wildman–Crippen MR) is 74.3 cm³/mol. The van der Waals surface area contributed by atoms with E-state index in [0.717, 1.165) is 18.0 Å². The number of rotatable bonds is 4. The molecule has 2 heteroatoms. The summed E-state index contributed by atoms with van der Waals surface area (Å²) in [5, 5.41) is 3.72. The average Bonchev–Trinajstić information content (AvgIpc) is 2.81. The average molecular weight is 238 g/mol. The van der Waals surface area contributed by atoms with Gasteiger partial charge in [0, 0.05) is 24.7 Å². The lowest BCUT2D eigenvalue weighted by molar-refractivity contribution is 0.107. The van der Waals surface area contributed by atoms with Crippen molar-refractivity contribution >= 4 is 0 Å². The lowest BCUT2D eigenvalue weighted by Crippen LogP contribution is -2.51. The fourth-order valence-electron chi connectivity index (χ4n) is 3.72. The summed E-state index contributed by atoms with van der Waals surface area (Å²) in [5.74, 6) is 0.979. The Kier molecular flexibility index (Phi) is 4.87. The van der Waals surface area contributed by atoms with Crippen LogP contribution < -0.4 is 5.32 Å². The molecule has 0 aromatic carbocycles. The molecule has 0 aromatic heterocycles. The van der Waals surface area contributed by atoms with Gasteiger partial charge in [-0.15, -0.1) is 0 Å². The molecule has 0 aromatic rings. The van der Waals surface area contributed by atoms with Gasteiger partial charge in [0.25, 0.3) is 0 Å². The number of nitrogens with zero attached hydrogens (tertiary/aromatic N) is 1. The first-order valence-corrected chi connectivity index (χ1v) is 7.67. The van der Waals surface area contributed by atoms with Gasteiger partial charge < -0.3 is 5.32 Å². The molecule has 2 aliphatic rings. The van der Waals surface area contributed by atoms with Gasteiger partial charge in [-0.25, -0.2) is 0 Å². The van der Waals surface area contributed by atoms with E-state index in [0.29, 0.717) is 6.04 Å². The SMILES string of the molecule is CC(C)NC1CCCN(C(C)C2CCCC2)C1. The minimum atomic E-state index is 0.627. The largest absolute Gasteiger partial charge is 0.311 e. The van der Waals surface area contributed by atoms with Crippen molar-refractivity contribution in [3.8, 4) is 0 Å². The van der Waals surface area contributed by atoms with Crippen LogP contribution in [0.1, 0.15) is 59.3 Å². The molecule has 2 rings (SSSR count). The summed E-state index contributed by atoms with van der Waals surface area (Å²) < 4.78 is 0. The third kappa shape index (κ3) is 3.69. The Balaban J connectivity index is 1.83. The Morgan fingerprint density at radius 1 is 1.00 bits per heavy atom. The van der Waals surface area contributed by atoms with Crippen molar-refractivity contribution in [1.29, 1.82) is 0 Å². The van der Waals surface area contributed by atoms with Crippen LogP contribution in [-0.4, -0.2) is 36.1 Å². The van der Waals surface area contributed by atoms with Gasteiger partial charge >= 0.3 is 0 Å². The van der Waals surface area contributed by atoms with Crippen LogP contribution >= 0.6 is 0 Å². The molecule has 1 aliphatic carbocycles. The van der Waals surface area contributed by atoms with Gasteiger partial charge in [-0.2, -0.15) is 0 Å². The second-order valence-electron chi connectivity index (χ2n) is 6.44. The summed E-state index contributed by atoms with van der Waals surface area (Å²) in [5.41, 5.74) is 0. The molecule has 0 amide bonds. The van der Waals surface area contributed by atoms with Gasteiger partial charge in [0.1, 0.15) is 0 Å². The Hall–Kier alpha value is -0.0800. The highest BCUT2D eigenvalue weighted by atomic mass is 15.2. The summed E-state index contributed by atoms with van der Waals surface area (Å²) in [6.45, 7) is 9.59. The van der Waals surface area contributed by atoms with E-state index in [1.807, 2.05) is 0 Å². The molecular formula is C15H30N2. The zero-order valence-electron chi connectivity index (χ0n) is 11.9. The fourth-order valence-corrected chi connectivity index (χ4v) is 3.72. The van der Waals surface area contributed by atoms with E-state index >= 15 is 0 Å². The summed E-state index contributed by atoms with van der Waals surface area (Å²) in [4.78, 5) is 2.75. The predicted octanol–water partition coefficient (Wildman–Crippen LogP) is 3.03. The van der Waals surface area contributed by atoms with Crippen molar-refractivity contribution in [2.75, 3.05) is 13.1 Å². The Morgan fingerprint density at radius 2 is 1.71 bits per heavy atom. The lowest BCUT2D eigenvalue weighted by atomic mass is 9.95. The maximum Gasteiger partial charge on any atom is 0.0197 e. The zero-order chi connectivity index (χ0) is 12.3. The van der Waals surface area contributed by atoms with E-state index in [9.17, 15) is 0 Å². The first-order chi connectivity index (χ1) is 8.16. The molecule has 2 nitrogen and oxygen atoms in total. The Bertz CT molecular complexity index is 221. The molecular weight excluding hydrogens is 208 g/mol. The molecule has 1 saturated carbocycles. The smallest absolute Gasteiger partial charge is 0.0197 e. The van der Waals surface area contributed by atoms with E-state index in [2.05, 4.69) is 31.0 Å². The second kappa shape index (κ2) is 6.19. The van der Waals surface area contributed by atoms with Crippen molar-refractivity contribution in [2.45, 2.75) is 77.4 Å². The first-order valence-electron chi connectivity index (χ1n) is 7.67. The molecule has 17 heavy (non-hydrogen) atoms. The Labute approximate surface area is 107 Å². The summed E-state index contributed by atoms with van der Waals surface area (Å²) >= 11 is 0. The topological polar surface area (TPSA) is 15.3 Å². The third-order valence-electron chi connectivity index (χ3n) is 4.68. The molecule has 0 bridgehead atoms. The minimum Gasteiger partial charge on any atom is -0.311 e. The number of piperidine rings is 1.